The molecule has 198 valence electrons. The van der Waals surface area contributed by atoms with Crippen LogP contribution in [0.4, 0.5) is 5.82 Å². The van der Waals surface area contributed by atoms with Gasteiger partial charge in [-0.15, -0.1) is 11.3 Å². The Kier molecular flexibility index (Phi) is 7.87. The van der Waals surface area contributed by atoms with Crippen LogP contribution < -0.4 is 9.64 Å². The third-order valence-corrected chi connectivity index (χ3v) is 7.97. The van der Waals surface area contributed by atoms with Gasteiger partial charge < -0.3 is 24.7 Å². The number of ether oxygens (including phenoxy) is 1. The summed E-state index contributed by atoms with van der Waals surface area (Å²) in [5.41, 5.74) is 2.89. The summed E-state index contributed by atoms with van der Waals surface area (Å²) in [5.74, 6) is 0.793. The molecule has 0 aliphatic carbocycles. The summed E-state index contributed by atoms with van der Waals surface area (Å²) in [6.07, 6.45) is -0.108. The number of benzene rings is 2. The minimum absolute atomic E-state index is 0.0229. The molecule has 38 heavy (non-hydrogen) atoms. The molecule has 4 aromatic rings. The Morgan fingerprint density at radius 1 is 1.11 bits per heavy atom. The maximum Gasteiger partial charge on any atom is 0.319 e. The van der Waals surface area contributed by atoms with Crippen molar-refractivity contribution in [2.24, 2.45) is 0 Å². The number of hydrogen-bond donors (Lipinski definition) is 2. The number of fused-ring (bicyclic) bond motifs is 1. The van der Waals surface area contributed by atoms with Crippen LogP contribution in [0.2, 0.25) is 0 Å². The maximum absolute atomic E-state index is 13.3. The van der Waals surface area contributed by atoms with Crippen molar-refractivity contribution in [3.05, 3.63) is 71.1 Å². The molecule has 1 amide bonds. The zero-order valence-corrected chi connectivity index (χ0v) is 22.4. The quantitative estimate of drug-likeness (QED) is 0.354. The number of aryl methyl sites for hydroxylation is 1. The Morgan fingerprint density at radius 3 is 2.53 bits per heavy atom. The smallest absolute Gasteiger partial charge is 0.319 e. The molecule has 2 N–H and O–H groups in total. The van der Waals surface area contributed by atoms with Gasteiger partial charge in [0.1, 0.15) is 23.4 Å². The van der Waals surface area contributed by atoms with Gasteiger partial charge in [-0.1, -0.05) is 49.4 Å². The van der Waals surface area contributed by atoms with Crippen LogP contribution in [-0.2, 0) is 6.42 Å². The first kappa shape index (κ1) is 26.1. The van der Waals surface area contributed by atoms with Crippen molar-refractivity contribution in [3.8, 4) is 17.1 Å². The Labute approximate surface area is 226 Å². The predicted octanol–water partition coefficient (Wildman–Crippen LogP) is 4.00. The van der Waals surface area contributed by atoms with E-state index >= 15 is 0 Å². The number of amides is 1. The predicted molar refractivity (Wildman–Crippen MR) is 150 cm³/mol. The number of hydrogen-bond acceptors (Lipinski definition) is 8. The van der Waals surface area contributed by atoms with Crippen molar-refractivity contribution >= 4 is 33.3 Å². The van der Waals surface area contributed by atoms with Crippen LogP contribution in [0.3, 0.4) is 0 Å². The molecule has 1 aliphatic heterocycles. The molecule has 0 spiro atoms. The van der Waals surface area contributed by atoms with Gasteiger partial charge in [0, 0.05) is 36.1 Å². The lowest BCUT2D eigenvalue weighted by molar-refractivity contribution is 0.0506. The number of piperazine rings is 1. The van der Waals surface area contributed by atoms with Crippen LogP contribution in [0.15, 0.2) is 60.7 Å². The highest BCUT2D eigenvalue weighted by molar-refractivity contribution is 7.18. The highest BCUT2D eigenvalue weighted by Crippen LogP contribution is 2.34. The second kappa shape index (κ2) is 11.5. The molecule has 1 fully saturated rings. The summed E-state index contributed by atoms with van der Waals surface area (Å²) in [6, 6.07) is 20.2. The molecule has 8 nitrogen and oxygen atoms in total. The average molecular weight is 533 g/mol. The molecule has 5 rings (SSSR count). The van der Waals surface area contributed by atoms with Crippen LogP contribution in [-0.4, -0.2) is 76.0 Å². The van der Waals surface area contributed by atoms with Crippen LogP contribution >= 0.6 is 11.3 Å². The van der Waals surface area contributed by atoms with Gasteiger partial charge >= 0.3 is 6.01 Å². The van der Waals surface area contributed by atoms with Crippen molar-refractivity contribution in [2.45, 2.75) is 32.4 Å². The summed E-state index contributed by atoms with van der Waals surface area (Å²) in [6.45, 7) is 5.47. The fourth-order valence-electron chi connectivity index (χ4n) is 4.69. The van der Waals surface area contributed by atoms with Crippen LogP contribution in [0.25, 0.3) is 21.3 Å². The van der Waals surface area contributed by atoms with Crippen LogP contribution in [0.5, 0.6) is 6.01 Å². The number of nitrogens with zero attached hydrogens (tertiary/aromatic N) is 4. The van der Waals surface area contributed by atoms with E-state index in [2.05, 4.69) is 41.9 Å². The fourth-order valence-corrected chi connectivity index (χ4v) is 5.65. The van der Waals surface area contributed by atoms with Gasteiger partial charge in [0.05, 0.1) is 12.0 Å². The fraction of sp³-hybridized carbons (Fsp3) is 0.345. The topological polar surface area (TPSA) is 99.0 Å². The van der Waals surface area contributed by atoms with Gasteiger partial charge in [0.15, 0.2) is 0 Å². The van der Waals surface area contributed by atoms with E-state index in [0.717, 1.165) is 33.6 Å². The molecule has 2 aromatic carbocycles. The SMILES string of the molecule is CCc1cc2c(N3CCN(C(=O)c4ccc(-c5ccccc5)cc4)C[C@@H]3C)nc(OC[C@H](O)CO)nc2s1. The van der Waals surface area contributed by atoms with Crippen molar-refractivity contribution in [1.29, 1.82) is 0 Å². The number of carbonyl (C=O) groups excluding carboxylic acids is 1. The van der Waals surface area contributed by atoms with E-state index in [0.29, 0.717) is 25.2 Å². The lowest BCUT2D eigenvalue weighted by Crippen LogP contribution is -2.54. The Hall–Kier alpha value is -3.53. The van der Waals surface area contributed by atoms with E-state index < -0.39 is 12.7 Å². The summed E-state index contributed by atoms with van der Waals surface area (Å²) >= 11 is 1.60. The van der Waals surface area contributed by atoms with E-state index in [1.54, 1.807) is 11.3 Å². The van der Waals surface area contributed by atoms with Gasteiger partial charge in [0.2, 0.25) is 0 Å². The molecule has 2 aromatic heterocycles. The molecular weight excluding hydrogens is 500 g/mol. The first-order valence-corrected chi connectivity index (χ1v) is 13.7. The normalized spacial score (nSPS) is 16.6. The standard InChI is InChI=1S/C29H32N4O4S/c1-3-24-15-25-26(30-29(31-27(25)38-24)37-18-23(35)17-34)33-14-13-32(16-19(33)2)28(36)22-11-9-21(10-12-22)20-7-5-4-6-8-20/h4-12,15,19,23,34-35H,3,13-14,16-18H2,1-2H3/t19-,23+/m0/s1. The van der Waals surface area contributed by atoms with E-state index in [1.165, 1.54) is 4.88 Å². The van der Waals surface area contributed by atoms with Crippen molar-refractivity contribution in [2.75, 3.05) is 37.7 Å². The highest BCUT2D eigenvalue weighted by Gasteiger charge is 2.30. The molecule has 3 heterocycles. The number of thiophene rings is 1. The molecular formula is C29H32N4O4S. The Morgan fingerprint density at radius 2 is 1.84 bits per heavy atom. The van der Waals surface area contributed by atoms with Gasteiger partial charge in [-0.2, -0.15) is 9.97 Å². The first-order valence-electron chi connectivity index (χ1n) is 12.9. The average Bonchev–Trinajstić information content (AvgIpc) is 3.39. The zero-order valence-electron chi connectivity index (χ0n) is 21.6. The van der Waals surface area contributed by atoms with Crippen molar-refractivity contribution in [1.82, 2.24) is 14.9 Å². The first-order chi connectivity index (χ1) is 18.5. The summed E-state index contributed by atoms with van der Waals surface area (Å²) in [5, 5.41) is 19.8. The lowest BCUT2D eigenvalue weighted by atomic mass is 10.0. The molecule has 9 heteroatoms. The second-order valence-corrected chi connectivity index (χ2v) is 10.6. The molecule has 1 saturated heterocycles. The zero-order chi connectivity index (χ0) is 26.6. The van der Waals surface area contributed by atoms with Crippen molar-refractivity contribution in [3.63, 3.8) is 0 Å². The van der Waals surface area contributed by atoms with E-state index in [1.807, 2.05) is 47.4 Å². The minimum Gasteiger partial charge on any atom is -0.461 e. The van der Waals surface area contributed by atoms with Gasteiger partial charge in [-0.3, -0.25) is 4.79 Å². The number of aliphatic hydroxyl groups excluding tert-OH is 2. The monoisotopic (exact) mass is 532 g/mol. The maximum atomic E-state index is 13.3. The van der Waals surface area contributed by atoms with Crippen LogP contribution in [0.1, 0.15) is 29.1 Å². The summed E-state index contributed by atoms with van der Waals surface area (Å²) < 4.78 is 5.62. The highest BCUT2D eigenvalue weighted by atomic mass is 32.1. The van der Waals surface area contributed by atoms with E-state index in [4.69, 9.17) is 14.8 Å². The number of rotatable bonds is 8. The minimum atomic E-state index is -0.998. The third-order valence-electron chi connectivity index (χ3n) is 6.79. The molecule has 1 aliphatic rings. The van der Waals surface area contributed by atoms with Crippen LogP contribution in [0, 0.1) is 0 Å². The molecule has 0 unspecified atom stereocenters. The molecule has 0 radical (unpaired) electrons. The number of aromatic nitrogens is 2. The van der Waals surface area contributed by atoms with Crippen molar-refractivity contribution < 1.29 is 19.7 Å². The van der Waals surface area contributed by atoms with E-state index in [-0.39, 0.29) is 24.6 Å². The third kappa shape index (κ3) is 5.50. The second-order valence-electron chi connectivity index (χ2n) is 9.50. The lowest BCUT2D eigenvalue weighted by Gasteiger charge is -2.40. The Bertz CT molecular complexity index is 1390. The molecule has 0 saturated carbocycles. The van der Waals surface area contributed by atoms with Gasteiger partial charge in [-0.05, 0) is 42.7 Å². The largest absolute Gasteiger partial charge is 0.461 e. The van der Waals surface area contributed by atoms with Gasteiger partial charge in [0.25, 0.3) is 5.91 Å². The number of anilines is 1. The molecule has 2 atom stereocenters. The number of carbonyl (C=O) groups is 1. The van der Waals surface area contributed by atoms with E-state index in [9.17, 15) is 9.90 Å². The number of aliphatic hydroxyl groups is 2. The van der Waals surface area contributed by atoms with Gasteiger partial charge in [-0.25, -0.2) is 0 Å². The summed E-state index contributed by atoms with van der Waals surface area (Å²) in [4.78, 5) is 28.7. The molecule has 0 bridgehead atoms. The summed E-state index contributed by atoms with van der Waals surface area (Å²) in [7, 11) is 0. The Balaban J connectivity index is 1.33.